The van der Waals surface area contributed by atoms with Gasteiger partial charge in [-0.25, -0.2) is 0 Å². The molecule has 2 rings (SSSR count). The first-order valence-corrected chi connectivity index (χ1v) is 6.51. The van der Waals surface area contributed by atoms with Gasteiger partial charge in [0.15, 0.2) is 0 Å². The summed E-state index contributed by atoms with van der Waals surface area (Å²) < 4.78 is 10.9. The molecule has 0 radical (unpaired) electrons. The van der Waals surface area contributed by atoms with Gasteiger partial charge in [0, 0.05) is 32.2 Å². The van der Waals surface area contributed by atoms with Crippen molar-refractivity contribution in [2.75, 3.05) is 39.9 Å². The molecule has 0 spiro atoms. The summed E-state index contributed by atoms with van der Waals surface area (Å²) >= 11 is 0. The van der Waals surface area contributed by atoms with Crippen molar-refractivity contribution in [1.29, 1.82) is 0 Å². The smallest absolute Gasteiger partial charge is 0.119 e. The number of nitrogens with one attached hydrogen (secondary N) is 1. The van der Waals surface area contributed by atoms with Crippen LogP contribution in [0.1, 0.15) is 6.92 Å². The first-order chi connectivity index (χ1) is 8.79. The molecule has 1 aromatic carbocycles. The van der Waals surface area contributed by atoms with Crippen molar-refractivity contribution < 1.29 is 9.47 Å². The standard InChI is InChI=1S/C14H22N2O2/c1-12-11-15-7-8-16(12)9-10-18-14-5-3-13(17-2)4-6-14/h3-6,12,15H,7-11H2,1-2H3. The van der Waals surface area contributed by atoms with Gasteiger partial charge in [-0.1, -0.05) is 0 Å². The lowest BCUT2D eigenvalue weighted by Crippen LogP contribution is -2.50. The number of ether oxygens (including phenoxy) is 2. The van der Waals surface area contributed by atoms with E-state index < -0.39 is 0 Å². The zero-order valence-electron chi connectivity index (χ0n) is 11.2. The Morgan fingerprint density at radius 2 is 2.00 bits per heavy atom. The largest absolute Gasteiger partial charge is 0.497 e. The predicted molar refractivity (Wildman–Crippen MR) is 72.4 cm³/mol. The summed E-state index contributed by atoms with van der Waals surface area (Å²) in [6.07, 6.45) is 0. The normalized spacial score (nSPS) is 20.7. The number of hydrogen-bond donors (Lipinski definition) is 1. The van der Waals surface area contributed by atoms with E-state index in [0.717, 1.165) is 44.3 Å². The van der Waals surface area contributed by atoms with E-state index in [0.29, 0.717) is 6.04 Å². The van der Waals surface area contributed by atoms with Crippen LogP contribution in [0.25, 0.3) is 0 Å². The lowest BCUT2D eigenvalue weighted by molar-refractivity contribution is 0.143. The highest BCUT2D eigenvalue weighted by Crippen LogP contribution is 2.17. The fraction of sp³-hybridized carbons (Fsp3) is 0.571. The summed E-state index contributed by atoms with van der Waals surface area (Å²) in [6.45, 7) is 7.22. The second kappa shape index (κ2) is 6.61. The van der Waals surface area contributed by atoms with Crippen molar-refractivity contribution in [1.82, 2.24) is 10.2 Å². The third-order valence-corrected chi connectivity index (χ3v) is 3.35. The second-order valence-corrected chi connectivity index (χ2v) is 4.61. The third kappa shape index (κ3) is 3.62. The van der Waals surface area contributed by atoms with E-state index in [1.807, 2.05) is 24.3 Å². The average Bonchev–Trinajstić information content (AvgIpc) is 2.42. The average molecular weight is 250 g/mol. The molecule has 1 saturated heterocycles. The molecule has 1 aliphatic rings. The van der Waals surface area contributed by atoms with Crippen LogP contribution in [0.2, 0.25) is 0 Å². The molecule has 100 valence electrons. The molecule has 1 aromatic rings. The quantitative estimate of drug-likeness (QED) is 0.856. The monoisotopic (exact) mass is 250 g/mol. The maximum absolute atomic E-state index is 5.74. The number of rotatable bonds is 5. The van der Waals surface area contributed by atoms with Gasteiger partial charge in [0.05, 0.1) is 7.11 Å². The molecule has 1 N–H and O–H groups in total. The highest BCUT2D eigenvalue weighted by atomic mass is 16.5. The zero-order valence-corrected chi connectivity index (χ0v) is 11.2. The number of methoxy groups -OCH3 is 1. The van der Waals surface area contributed by atoms with Gasteiger partial charge in [-0.05, 0) is 31.2 Å². The Bertz CT molecular complexity index is 353. The maximum atomic E-state index is 5.74. The summed E-state index contributed by atoms with van der Waals surface area (Å²) in [5, 5.41) is 3.39. The lowest BCUT2D eigenvalue weighted by Gasteiger charge is -2.33. The molecule has 0 amide bonds. The van der Waals surface area contributed by atoms with Crippen LogP contribution < -0.4 is 14.8 Å². The molecule has 0 bridgehead atoms. The fourth-order valence-corrected chi connectivity index (χ4v) is 2.17. The molecule has 1 unspecified atom stereocenters. The van der Waals surface area contributed by atoms with Crippen LogP contribution in [0.15, 0.2) is 24.3 Å². The van der Waals surface area contributed by atoms with E-state index in [-0.39, 0.29) is 0 Å². The van der Waals surface area contributed by atoms with Crippen molar-refractivity contribution >= 4 is 0 Å². The van der Waals surface area contributed by atoms with E-state index in [1.54, 1.807) is 7.11 Å². The summed E-state index contributed by atoms with van der Waals surface area (Å²) in [7, 11) is 1.67. The number of hydrogen-bond acceptors (Lipinski definition) is 4. The Kier molecular flexibility index (Phi) is 4.84. The molecule has 0 aromatic heterocycles. The van der Waals surface area contributed by atoms with Crippen LogP contribution in [0, 0.1) is 0 Å². The fourth-order valence-electron chi connectivity index (χ4n) is 2.17. The highest BCUT2D eigenvalue weighted by molar-refractivity contribution is 5.31. The van der Waals surface area contributed by atoms with Gasteiger partial charge in [0.2, 0.25) is 0 Å². The SMILES string of the molecule is COc1ccc(OCCN2CCNCC2C)cc1. The van der Waals surface area contributed by atoms with Gasteiger partial charge < -0.3 is 14.8 Å². The van der Waals surface area contributed by atoms with Crippen LogP contribution in [0.5, 0.6) is 11.5 Å². The maximum Gasteiger partial charge on any atom is 0.119 e. The third-order valence-electron chi connectivity index (χ3n) is 3.35. The topological polar surface area (TPSA) is 33.7 Å². The molecular formula is C14H22N2O2. The van der Waals surface area contributed by atoms with E-state index in [9.17, 15) is 0 Å². The number of benzene rings is 1. The van der Waals surface area contributed by atoms with Crippen LogP contribution >= 0.6 is 0 Å². The molecule has 0 aliphatic carbocycles. The minimum Gasteiger partial charge on any atom is -0.497 e. The predicted octanol–water partition coefficient (Wildman–Crippen LogP) is 1.37. The van der Waals surface area contributed by atoms with Gasteiger partial charge in [0.1, 0.15) is 18.1 Å². The molecule has 18 heavy (non-hydrogen) atoms. The minimum absolute atomic E-state index is 0.596. The van der Waals surface area contributed by atoms with Gasteiger partial charge in [-0.2, -0.15) is 0 Å². The molecule has 1 atom stereocenters. The van der Waals surface area contributed by atoms with Crippen molar-refractivity contribution in [2.45, 2.75) is 13.0 Å². The molecule has 1 fully saturated rings. The van der Waals surface area contributed by atoms with E-state index in [1.165, 1.54) is 0 Å². The Hall–Kier alpha value is -1.26. The summed E-state index contributed by atoms with van der Waals surface area (Å²) in [5.41, 5.74) is 0. The van der Waals surface area contributed by atoms with Gasteiger partial charge in [-0.15, -0.1) is 0 Å². The van der Waals surface area contributed by atoms with Crippen molar-refractivity contribution in [3.05, 3.63) is 24.3 Å². The lowest BCUT2D eigenvalue weighted by atomic mass is 10.2. The number of nitrogens with zero attached hydrogens (tertiary/aromatic N) is 1. The van der Waals surface area contributed by atoms with Crippen molar-refractivity contribution in [3.63, 3.8) is 0 Å². The minimum atomic E-state index is 0.596. The highest BCUT2D eigenvalue weighted by Gasteiger charge is 2.16. The zero-order chi connectivity index (χ0) is 12.8. The molecule has 1 aliphatic heterocycles. The Morgan fingerprint density at radius 1 is 1.28 bits per heavy atom. The van der Waals surface area contributed by atoms with Crippen molar-refractivity contribution in [2.24, 2.45) is 0 Å². The van der Waals surface area contributed by atoms with Crippen molar-refractivity contribution in [3.8, 4) is 11.5 Å². The van der Waals surface area contributed by atoms with Gasteiger partial charge in [-0.3, -0.25) is 4.90 Å². The first kappa shape index (κ1) is 13.2. The molecule has 1 heterocycles. The molecule has 0 saturated carbocycles. The van der Waals surface area contributed by atoms with Gasteiger partial charge in [0.25, 0.3) is 0 Å². The summed E-state index contributed by atoms with van der Waals surface area (Å²) in [6, 6.07) is 8.32. The van der Waals surface area contributed by atoms with Crippen LogP contribution in [-0.2, 0) is 0 Å². The van der Waals surface area contributed by atoms with Crippen LogP contribution in [-0.4, -0.2) is 50.8 Å². The Labute approximate surface area is 109 Å². The van der Waals surface area contributed by atoms with E-state index >= 15 is 0 Å². The van der Waals surface area contributed by atoms with Crippen LogP contribution in [0.3, 0.4) is 0 Å². The Balaban J connectivity index is 1.73. The molecule has 4 nitrogen and oxygen atoms in total. The summed E-state index contributed by atoms with van der Waals surface area (Å²) in [5.74, 6) is 1.76. The van der Waals surface area contributed by atoms with Crippen LogP contribution in [0.4, 0.5) is 0 Å². The van der Waals surface area contributed by atoms with E-state index in [4.69, 9.17) is 9.47 Å². The second-order valence-electron chi connectivity index (χ2n) is 4.61. The van der Waals surface area contributed by atoms with E-state index in [2.05, 4.69) is 17.1 Å². The van der Waals surface area contributed by atoms with Gasteiger partial charge >= 0.3 is 0 Å². The summed E-state index contributed by atoms with van der Waals surface area (Å²) in [4.78, 5) is 2.46. The first-order valence-electron chi connectivity index (χ1n) is 6.51. The molecular weight excluding hydrogens is 228 g/mol. The number of piperazine rings is 1. The molecule has 4 heteroatoms. The Morgan fingerprint density at radius 3 is 2.67 bits per heavy atom.